The van der Waals surface area contributed by atoms with Crippen LogP contribution in [0.15, 0.2) is 39.9 Å². The van der Waals surface area contributed by atoms with Crippen LogP contribution < -0.4 is 4.72 Å². The molecule has 0 aliphatic carbocycles. The second kappa shape index (κ2) is 5.73. The van der Waals surface area contributed by atoms with E-state index in [9.17, 15) is 8.42 Å². The van der Waals surface area contributed by atoms with Crippen molar-refractivity contribution in [2.24, 2.45) is 0 Å². The number of aliphatic hydroxyl groups is 1. The van der Waals surface area contributed by atoms with Gasteiger partial charge in [-0.1, -0.05) is 19.1 Å². The van der Waals surface area contributed by atoms with Crippen LogP contribution >= 0.6 is 11.3 Å². The van der Waals surface area contributed by atoms with Crippen molar-refractivity contribution in [2.75, 3.05) is 4.72 Å². The number of thiophene rings is 1. The van der Waals surface area contributed by atoms with E-state index in [-0.39, 0.29) is 10.8 Å². The lowest BCUT2D eigenvalue weighted by atomic mass is 10.1. The fraction of sp³-hybridized carbons (Fsp3) is 0.231. The Morgan fingerprint density at radius 2 is 2.05 bits per heavy atom. The summed E-state index contributed by atoms with van der Waals surface area (Å²) < 4.78 is 27.1. The van der Waals surface area contributed by atoms with E-state index in [1.807, 2.05) is 25.1 Å². The van der Waals surface area contributed by atoms with Gasteiger partial charge in [-0.25, -0.2) is 8.42 Å². The lowest BCUT2D eigenvalue weighted by molar-refractivity contribution is 0.282. The van der Waals surface area contributed by atoms with Crippen LogP contribution in [0.4, 0.5) is 5.69 Å². The summed E-state index contributed by atoms with van der Waals surface area (Å²) >= 11 is 1.10. The first-order valence-electron chi connectivity index (χ1n) is 5.85. The molecule has 6 heteroatoms. The van der Waals surface area contributed by atoms with Gasteiger partial charge in [0.25, 0.3) is 10.0 Å². The molecule has 1 aromatic carbocycles. The monoisotopic (exact) mass is 297 g/mol. The highest BCUT2D eigenvalue weighted by Crippen LogP contribution is 2.23. The smallest absolute Gasteiger partial charge is 0.271 e. The summed E-state index contributed by atoms with van der Waals surface area (Å²) in [6, 6.07) is 8.79. The maximum atomic E-state index is 12.1. The maximum Gasteiger partial charge on any atom is 0.271 e. The molecule has 102 valence electrons. The molecule has 0 radical (unpaired) electrons. The van der Waals surface area contributed by atoms with E-state index in [1.165, 1.54) is 6.07 Å². The summed E-state index contributed by atoms with van der Waals surface area (Å²) in [7, 11) is -3.57. The lowest BCUT2D eigenvalue weighted by Crippen LogP contribution is -2.11. The summed E-state index contributed by atoms with van der Waals surface area (Å²) in [4.78, 5) is 0. The van der Waals surface area contributed by atoms with E-state index < -0.39 is 10.0 Å². The van der Waals surface area contributed by atoms with Crippen LogP contribution in [-0.2, 0) is 23.1 Å². The third-order valence-electron chi connectivity index (χ3n) is 2.66. The van der Waals surface area contributed by atoms with Crippen LogP contribution in [0, 0.1) is 0 Å². The normalized spacial score (nSPS) is 11.5. The van der Waals surface area contributed by atoms with Gasteiger partial charge >= 0.3 is 0 Å². The number of hydrogen-bond acceptors (Lipinski definition) is 4. The van der Waals surface area contributed by atoms with E-state index in [0.29, 0.717) is 11.3 Å². The lowest BCUT2D eigenvalue weighted by Gasteiger charge is -2.07. The third kappa shape index (κ3) is 3.34. The van der Waals surface area contributed by atoms with Crippen molar-refractivity contribution >= 4 is 27.0 Å². The highest BCUT2D eigenvalue weighted by atomic mass is 32.2. The molecule has 0 aliphatic heterocycles. The molecule has 4 nitrogen and oxygen atoms in total. The number of nitrogens with one attached hydrogen (secondary N) is 1. The standard InChI is InChI=1S/C13H15NO3S2/c1-2-10-4-3-5-12(6-10)14-19(16,17)13-7-11(8-15)9-18-13/h3-7,9,14-15H,2,8H2,1H3. The van der Waals surface area contributed by atoms with Crippen molar-refractivity contribution in [1.29, 1.82) is 0 Å². The Kier molecular flexibility index (Phi) is 4.24. The average molecular weight is 297 g/mol. The van der Waals surface area contributed by atoms with Gasteiger partial charge < -0.3 is 5.11 Å². The number of benzene rings is 1. The number of sulfonamides is 1. The zero-order valence-corrected chi connectivity index (χ0v) is 12.1. The van der Waals surface area contributed by atoms with Crippen LogP contribution in [0.2, 0.25) is 0 Å². The van der Waals surface area contributed by atoms with Gasteiger partial charge in [0.05, 0.1) is 6.61 Å². The van der Waals surface area contributed by atoms with Gasteiger partial charge in [0, 0.05) is 5.69 Å². The summed E-state index contributed by atoms with van der Waals surface area (Å²) in [5, 5.41) is 10.6. The first-order chi connectivity index (χ1) is 9.05. The summed E-state index contributed by atoms with van der Waals surface area (Å²) in [6.07, 6.45) is 0.850. The molecule has 0 aliphatic rings. The van der Waals surface area contributed by atoms with Crippen molar-refractivity contribution < 1.29 is 13.5 Å². The van der Waals surface area contributed by atoms with E-state index in [0.717, 1.165) is 23.3 Å². The van der Waals surface area contributed by atoms with Gasteiger partial charge in [0.2, 0.25) is 0 Å². The summed E-state index contributed by atoms with van der Waals surface area (Å²) in [6.45, 7) is 1.86. The molecule has 0 amide bonds. The minimum atomic E-state index is -3.57. The van der Waals surface area contributed by atoms with Crippen molar-refractivity contribution in [1.82, 2.24) is 0 Å². The highest BCUT2D eigenvalue weighted by molar-refractivity contribution is 7.94. The second-order valence-corrected chi connectivity index (χ2v) is 6.91. The van der Waals surface area contributed by atoms with Crippen molar-refractivity contribution in [3.8, 4) is 0 Å². The largest absolute Gasteiger partial charge is 0.392 e. The molecular formula is C13H15NO3S2. The SMILES string of the molecule is CCc1cccc(NS(=O)(=O)c2cc(CO)cs2)c1. The number of rotatable bonds is 5. The van der Waals surface area contributed by atoms with E-state index in [2.05, 4.69) is 4.72 Å². The van der Waals surface area contributed by atoms with Crippen molar-refractivity contribution in [3.63, 3.8) is 0 Å². The molecule has 1 aromatic heterocycles. The second-order valence-electron chi connectivity index (χ2n) is 4.09. The maximum absolute atomic E-state index is 12.1. The summed E-state index contributed by atoms with van der Waals surface area (Å²) in [5.41, 5.74) is 2.23. The van der Waals surface area contributed by atoms with Crippen LogP contribution in [-0.4, -0.2) is 13.5 Å². The molecule has 2 aromatic rings. The van der Waals surface area contributed by atoms with Crippen LogP contribution in [0.1, 0.15) is 18.1 Å². The predicted octanol–water partition coefficient (Wildman–Crippen LogP) is 2.60. The minimum Gasteiger partial charge on any atom is -0.392 e. The Labute approximate surface area is 116 Å². The molecular weight excluding hydrogens is 282 g/mol. The zero-order chi connectivity index (χ0) is 13.9. The first-order valence-corrected chi connectivity index (χ1v) is 8.21. The van der Waals surface area contributed by atoms with E-state index >= 15 is 0 Å². The summed E-state index contributed by atoms with van der Waals surface area (Å²) in [5.74, 6) is 0. The van der Waals surface area contributed by atoms with Gasteiger partial charge in [-0.3, -0.25) is 4.72 Å². The van der Waals surface area contributed by atoms with Crippen LogP contribution in [0.3, 0.4) is 0 Å². The van der Waals surface area contributed by atoms with Gasteiger partial charge in [0.1, 0.15) is 4.21 Å². The fourth-order valence-corrected chi connectivity index (χ4v) is 3.89. The number of aryl methyl sites for hydroxylation is 1. The molecule has 0 spiro atoms. The Morgan fingerprint density at radius 1 is 1.26 bits per heavy atom. The van der Waals surface area contributed by atoms with Crippen molar-refractivity contribution in [2.45, 2.75) is 24.2 Å². The van der Waals surface area contributed by atoms with Gasteiger partial charge in [-0.2, -0.15) is 0 Å². The molecule has 0 unspecified atom stereocenters. The first kappa shape index (κ1) is 14.0. The van der Waals surface area contributed by atoms with Gasteiger partial charge in [-0.15, -0.1) is 11.3 Å². The molecule has 0 atom stereocenters. The Balaban J connectivity index is 2.25. The molecule has 0 saturated heterocycles. The molecule has 0 saturated carbocycles. The van der Waals surface area contributed by atoms with Crippen molar-refractivity contribution in [3.05, 3.63) is 46.8 Å². The molecule has 19 heavy (non-hydrogen) atoms. The van der Waals surface area contributed by atoms with Crippen LogP contribution in [0.5, 0.6) is 0 Å². The number of anilines is 1. The Bertz CT molecular complexity index is 662. The topological polar surface area (TPSA) is 66.4 Å². The van der Waals surface area contributed by atoms with Gasteiger partial charge in [0.15, 0.2) is 0 Å². The van der Waals surface area contributed by atoms with Crippen LogP contribution in [0.25, 0.3) is 0 Å². The highest BCUT2D eigenvalue weighted by Gasteiger charge is 2.16. The number of aliphatic hydroxyl groups excluding tert-OH is 1. The molecule has 2 rings (SSSR count). The number of hydrogen-bond donors (Lipinski definition) is 2. The minimum absolute atomic E-state index is 0.155. The Hall–Kier alpha value is -1.37. The average Bonchev–Trinajstić information content (AvgIpc) is 2.88. The quantitative estimate of drug-likeness (QED) is 0.891. The predicted molar refractivity (Wildman–Crippen MR) is 76.9 cm³/mol. The van der Waals surface area contributed by atoms with E-state index in [4.69, 9.17) is 5.11 Å². The molecule has 0 bridgehead atoms. The molecule has 2 N–H and O–H groups in total. The van der Waals surface area contributed by atoms with E-state index in [1.54, 1.807) is 11.4 Å². The molecule has 0 fully saturated rings. The van der Waals surface area contributed by atoms with Gasteiger partial charge in [-0.05, 0) is 41.1 Å². The Morgan fingerprint density at radius 3 is 2.68 bits per heavy atom. The fourth-order valence-electron chi connectivity index (χ4n) is 1.64. The molecule has 1 heterocycles. The third-order valence-corrected chi connectivity index (χ3v) is 5.53. The zero-order valence-electron chi connectivity index (χ0n) is 10.5.